The van der Waals surface area contributed by atoms with Gasteiger partial charge in [0.25, 0.3) is 0 Å². The molecule has 0 aliphatic heterocycles. The molecule has 1 aliphatic rings. The predicted molar refractivity (Wildman–Crippen MR) is 85.1 cm³/mol. The van der Waals surface area contributed by atoms with E-state index in [2.05, 4.69) is 42.6 Å². The molecule has 1 atom stereocenters. The molecule has 0 heterocycles. The molecule has 2 aromatic rings. The highest BCUT2D eigenvalue weighted by molar-refractivity contribution is 6.30. The molecule has 0 amide bonds. The van der Waals surface area contributed by atoms with Crippen molar-refractivity contribution in [1.29, 1.82) is 0 Å². The molecule has 0 bridgehead atoms. The van der Waals surface area contributed by atoms with Gasteiger partial charge in [-0.25, -0.2) is 0 Å². The summed E-state index contributed by atoms with van der Waals surface area (Å²) in [6.07, 6.45) is 2.71. The van der Waals surface area contributed by atoms with Crippen molar-refractivity contribution >= 4 is 11.6 Å². The smallest absolute Gasteiger partial charge is 0.0409 e. The molecular weight excluding hydrogens is 266 g/mol. The van der Waals surface area contributed by atoms with Gasteiger partial charge in [0.15, 0.2) is 0 Å². The summed E-state index contributed by atoms with van der Waals surface area (Å²) >= 11 is 6.04. The van der Waals surface area contributed by atoms with Gasteiger partial charge in [0.2, 0.25) is 0 Å². The molecule has 0 spiro atoms. The summed E-state index contributed by atoms with van der Waals surface area (Å²) in [4.78, 5) is 0. The highest BCUT2D eigenvalue weighted by atomic mass is 35.5. The van der Waals surface area contributed by atoms with Crippen LogP contribution in [-0.4, -0.2) is 0 Å². The number of hydrogen-bond acceptors (Lipinski definition) is 1. The lowest BCUT2D eigenvalue weighted by Gasteiger charge is -2.15. The van der Waals surface area contributed by atoms with Crippen LogP contribution in [0.15, 0.2) is 48.5 Å². The summed E-state index contributed by atoms with van der Waals surface area (Å²) in [7, 11) is 0. The lowest BCUT2D eigenvalue weighted by atomic mass is 10.1. The van der Waals surface area contributed by atoms with Gasteiger partial charge in [-0.3, -0.25) is 0 Å². The molecule has 1 unspecified atom stereocenters. The standard InChI is InChI=1S/C18H20ClN/c1-13(16-5-3-7-18(19)11-16)20-12-14-4-2-6-17(10-14)15-8-9-15/h2-7,10-11,13,15,20H,8-9,12H2,1H3. The van der Waals surface area contributed by atoms with Gasteiger partial charge in [-0.05, 0) is 54.5 Å². The van der Waals surface area contributed by atoms with E-state index in [1.807, 2.05) is 18.2 Å². The average Bonchev–Trinajstić information content (AvgIpc) is 3.30. The normalized spacial score (nSPS) is 16.1. The molecule has 2 aromatic carbocycles. The second-order valence-electron chi connectivity index (χ2n) is 5.68. The summed E-state index contributed by atoms with van der Waals surface area (Å²) in [6.45, 7) is 3.07. The van der Waals surface area contributed by atoms with Gasteiger partial charge in [-0.15, -0.1) is 0 Å². The van der Waals surface area contributed by atoms with Crippen LogP contribution in [0.2, 0.25) is 5.02 Å². The summed E-state index contributed by atoms with van der Waals surface area (Å²) < 4.78 is 0. The van der Waals surface area contributed by atoms with Gasteiger partial charge < -0.3 is 5.32 Å². The molecule has 1 nitrogen and oxygen atoms in total. The van der Waals surface area contributed by atoms with Crippen LogP contribution in [0.3, 0.4) is 0 Å². The number of hydrogen-bond donors (Lipinski definition) is 1. The second-order valence-corrected chi connectivity index (χ2v) is 6.11. The van der Waals surface area contributed by atoms with Crippen molar-refractivity contribution in [2.45, 2.75) is 38.3 Å². The Labute approximate surface area is 126 Å². The topological polar surface area (TPSA) is 12.0 Å². The maximum absolute atomic E-state index is 6.04. The molecule has 1 fully saturated rings. The summed E-state index contributed by atoms with van der Waals surface area (Å²) in [5.41, 5.74) is 4.10. The fraction of sp³-hybridized carbons (Fsp3) is 0.333. The Hall–Kier alpha value is -1.31. The first kappa shape index (κ1) is 13.7. The Bertz CT molecular complexity index is 589. The molecule has 0 saturated heterocycles. The molecular formula is C18H20ClN. The van der Waals surface area contributed by atoms with Gasteiger partial charge in [-0.2, -0.15) is 0 Å². The Kier molecular flexibility index (Phi) is 4.09. The van der Waals surface area contributed by atoms with E-state index < -0.39 is 0 Å². The van der Waals surface area contributed by atoms with Crippen LogP contribution < -0.4 is 5.32 Å². The fourth-order valence-electron chi connectivity index (χ4n) is 2.54. The maximum Gasteiger partial charge on any atom is 0.0409 e. The monoisotopic (exact) mass is 285 g/mol. The zero-order valence-electron chi connectivity index (χ0n) is 11.8. The van der Waals surface area contributed by atoms with Gasteiger partial charge in [-0.1, -0.05) is 48.0 Å². The van der Waals surface area contributed by atoms with E-state index in [9.17, 15) is 0 Å². The average molecular weight is 286 g/mol. The Morgan fingerprint density at radius 1 is 1.15 bits per heavy atom. The van der Waals surface area contributed by atoms with E-state index in [4.69, 9.17) is 11.6 Å². The number of rotatable bonds is 5. The zero-order chi connectivity index (χ0) is 13.9. The lowest BCUT2D eigenvalue weighted by molar-refractivity contribution is 0.574. The Morgan fingerprint density at radius 3 is 2.70 bits per heavy atom. The molecule has 20 heavy (non-hydrogen) atoms. The minimum atomic E-state index is 0.304. The van der Waals surface area contributed by atoms with Gasteiger partial charge in [0.05, 0.1) is 0 Å². The summed E-state index contributed by atoms with van der Waals surface area (Å²) in [6, 6.07) is 17.3. The Balaban J connectivity index is 1.62. The van der Waals surface area contributed by atoms with Gasteiger partial charge in [0, 0.05) is 17.6 Å². The molecule has 3 rings (SSSR count). The van der Waals surface area contributed by atoms with E-state index in [0.717, 1.165) is 17.5 Å². The highest BCUT2D eigenvalue weighted by Gasteiger charge is 2.23. The second kappa shape index (κ2) is 5.99. The van der Waals surface area contributed by atoms with Crippen molar-refractivity contribution in [3.8, 4) is 0 Å². The fourth-order valence-corrected chi connectivity index (χ4v) is 2.74. The number of nitrogens with one attached hydrogen (secondary N) is 1. The third-order valence-corrected chi connectivity index (χ3v) is 4.20. The van der Waals surface area contributed by atoms with Crippen molar-refractivity contribution in [2.75, 3.05) is 0 Å². The minimum Gasteiger partial charge on any atom is -0.306 e. The van der Waals surface area contributed by atoms with Gasteiger partial charge in [0.1, 0.15) is 0 Å². The van der Waals surface area contributed by atoms with Crippen molar-refractivity contribution in [2.24, 2.45) is 0 Å². The summed E-state index contributed by atoms with van der Waals surface area (Å²) in [5.74, 6) is 0.820. The largest absolute Gasteiger partial charge is 0.306 e. The predicted octanol–water partition coefficient (Wildman–Crippen LogP) is 5.07. The van der Waals surface area contributed by atoms with E-state index in [0.29, 0.717) is 6.04 Å². The SMILES string of the molecule is CC(NCc1cccc(C2CC2)c1)c1cccc(Cl)c1. The van der Waals surface area contributed by atoms with Crippen LogP contribution in [-0.2, 0) is 6.54 Å². The first-order chi connectivity index (χ1) is 9.72. The third kappa shape index (κ3) is 3.41. The van der Waals surface area contributed by atoms with Crippen LogP contribution >= 0.6 is 11.6 Å². The van der Waals surface area contributed by atoms with Crippen LogP contribution in [0, 0.1) is 0 Å². The molecule has 1 aliphatic carbocycles. The number of halogens is 1. The van der Waals surface area contributed by atoms with Crippen molar-refractivity contribution in [3.63, 3.8) is 0 Å². The quantitative estimate of drug-likeness (QED) is 0.809. The third-order valence-electron chi connectivity index (χ3n) is 3.96. The molecule has 1 N–H and O–H groups in total. The first-order valence-corrected chi connectivity index (χ1v) is 7.68. The van der Waals surface area contributed by atoms with Gasteiger partial charge >= 0.3 is 0 Å². The zero-order valence-corrected chi connectivity index (χ0v) is 12.5. The van der Waals surface area contributed by atoms with Crippen LogP contribution in [0.1, 0.15) is 48.4 Å². The first-order valence-electron chi connectivity index (χ1n) is 7.30. The van der Waals surface area contributed by atoms with E-state index in [-0.39, 0.29) is 0 Å². The minimum absolute atomic E-state index is 0.304. The van der Waals surface area contributed by atoms with E-state index in [1.165, 1.54) is 29.5 Å². The summed E-state index contributed by atoms with van der Waals surface area (Å²) in [5, 5.41) is 4.37. The van der Waals surface area contributed by atoms with E-state index in [1.54, 1.807) is 0 Å². The highest BCUT2D eigenvalue weighted by Crippen LogP contribution is 2.40. The van der Waals surface area contributed by atoms with E-state index >= 15 is 0 Å². The molecule has 1 saturated carbocycles. The molecule has 0 radical (unpaired) electrons. The van der Waals surface area contributed by atoms with Crippen LogP contribution in [0.25, 0.3) is 0 Å². The number of benzene rings is 2. The van der Waals surface area contributed by atoms with Crippen molar-refractivity contribution in [1.82, 2.24) is 5.32 Å². The van der Waals surface area contributed by atoms with Crippen molar-refractivity contribution < 1.29 is 0 Å². The van der Waals surface area contributed by atoms with Crippen LogP contribution in [0.4, 0.5) is 0 Å². The van der Waals surface area contributed by atoms with Crippen LogP contribution in [0.5, 0.6) is 0 Å². The molecule has 104 valence electrons. The maximum atomic E-state index is 6.04. The molecule has 0 aromatic heterocycles. The molecule has 2 heteroatoms. The lowest BCUT2D eigenvalue weighted by Crippen LogP contribution is -2.18. The van der Waals surface area contributed by atoms with Crippen molar-refractivity contribution in [3.05, 3.63) is 70.2 Å². The Morgan fingerprint density at radius 2 is 1.95 bits per heavy atom.